The van der Waals surface area contributed by atoms with Crippen LogP contribution in [0, 0.1) is 31.1 Å². The van der Waals surface area contributed by atoms with Crippen LogP contribution < -0.4 is 10.9 Å². The molecule has 7 heteroatoms. The third-order valence-corrected chi connectivity index (χ3v) is 5.15. The third kappa shape index (κ3) is 3.54. The molecule has 1 fully saturated rings. The largest absolute Gasteiger partial charge is 0.325 e. The second kappa shape index (κ2) is 7.16. The number of H-pyrrole nitrogens is 1. The lowest BCUT2D eigenvalue weighted by Gasteiger charge is -2.15. The normalized spacial score (nSPS) is 14.7. The van der Waals surface area contributed by atoms with Crippen molar-refractivity contribution in [3.8, 4) is 6.07 Å². The molecule has 2 heterocycles. The fourth-order valence-electron chi connectivity index (χ4n) is 3.38. The lowest BCUT2D eigenvalue weighted by molar-refractivity contribution is -0.116. The fourth-order valence-corrected chi connectivity index (χ4v) is 3.38. The highest BCUT2D eigenvalue weighted by atomic mass is 16.1. The maximum atomic E-state index is 12.4. The highest BCUT2D eigenvalue weighted by Crippen LogP contribution is 2.40. The molecule has 1 unspecified atom stereocenters. The maximum absolute atomic E-state index is 12.4. The standard InChI is InChI=1S/C19H23N5O2/c1-11-15(12(2)22-19(26)16(11)10-20)6-7-18(25)23-17-8-9-21-24(17)13(3)14-4-5-14/h8-9,13-14H,4-7H2,1-3H3,(H,22,26)(H,23,25). The predicted octanol–water partition coefficient (Wildman–Crippen LogP) is 2.60. The molecule has 2 N–H and O–H groups in total. The predicted molar refractivity (Wildman–Crippen MR) is 97.9 cm³/mol. The van der Waals surface area contributed by atoms with Crippen LogP contribution in [-0.4, -0.2) is 20.7 Å². The Bertz CT molecular complexity index is 930. The van der Waals surface area contributed by atoms with Crippen LogP contribution in [0.5, 0.6) is 0 Å². The molecule has 7 nitrogen and oxygen atoms in total. The molecule has 0 aliphatic heterocycles. The van der Waals surface area contributed by atoms with E-state index in [9.17, 15) is 9.59 Å². The number of aryl methyl sites for hydroxylation is 1. The summed E-state index contributed by atoms with van der Waals surface area (Å²) in [6, 6.07) is 4.02. The number of hydrogen-bond donors (Lipinski definition) is 2. The zero-order valence-corrected chi connectivity index (χ0v) is 15.3. The van der Waals surface area contributed by atoms with Gasteiger partial charge in [0.05, 0.1) is 12.2 Å². The number of nitriles is 1. The zero-order valence-electron chi connectivity index (χ0n) is 15.3. The summed E-state index contributed by atoms with van der Waals surface area (Å²) in [5.74, 6) is 1.24. The number of nitrogens with one attached hydrogen (secondary N) is 2. The molecule has 2 aromatic rings. The number of nitrogens with zero attached hydrogens (tertiary/aromatic N) is 3. The first-order valence-corrected chi connectivity index (χ1v) is 8.88. The van der Waals surface area contributed by atoms with E-state index < -0.39 is 0 Å². The second-order valence-electron chi connectivity index (χ2n) is 6.96. The Morgan fingerprint density at radius 1 is 1.50 bits per heavy atom. The SMILES string of the molecule is Cc1[nH]c(=O)c(C#N)c(C)c1CCC(=O)Nc1ccnn1C(C)C1CC1. The van der Waals surface area contributed by atoms with E-state index in [0.29, 0.717) is 29.4 Å². The first kappa shape index (κ1) is 17.9. The molecule has 0 aromatic carbocycles. The lowest BCUT2D eigenvalue weighted by atomic mass is 9.99. The van der Waals surface area contributed by atoms with Crippen LogP contribution in [0.1, 0.15) is 54.6 Å². The smallest absolute Gasteiger partial charge is 0.266 e. The minimum Gasteiger partial charge on any atom is -0.325 e. The van der Waals surface area contributed by atoms with Gasteiger partial charge in [0, 0.05) is 18.2 Å². The third-order valence-electron chi connectivity index (χ3n) is 5.15. The molecule has 1 aliphatic carbocycles. The summed E-state index contributed by atoms with van der Waals surface area (Å²) in [6.07, 6.45) is 4.84. The van der Waals surface area contributed by atoms with Crippen LogP contribution in [0.3, 0.4) is 0 Å². The van der Waals surface area contributed by atoms with E-state index in [1.165, 1.54) is 12.8 Å². The Balaban J connectivity index is 1.68. The molecule has 2 aromatic heterocycles. The Morgan fingerprint density at radius 2 is 2.23 bits per heavy atom. The second-order valence-corrected chi connectivity index (χ2v) is 6.96. The average molecular weight is 353 g/mol. The topological polar surface area (TPSA) is 104 Å². The summed E-state index contributed by atoms with van der Waals surface area (Å²) in [6.45, 7) is 5.66. The number of carbonyl (C=O) groups excluding carboxylic acids is 1. The van der Waals surface area contributed by atoms with Crippen molar-refractivity contribution >= 4 is 11.7 Å². The summed E-state index contributed by atoms with van der Waals surface area (Å²) in [5, 5.41) is 16.4. The Labute approximate surface area is 152 Å². The minimum atomic E-state index is -0.381. The van der Waals surface area contributed by atoms with Crippen molar-refractivity contribution in [2.24, 2.45) is 5.92 Å². The van der Waals surface area contributed by atoms with Crippen molar-refractivity contribution in [2.75, 3.05) is 5.32 Å². The van der Waals surface area contributed by atoms with Gasteiger partial charge in [-0.15, -0.1) is 0 Å². The number of amides is 1. The molecule has 0 spiro atoms. The van der Waals surface area contributed by atoms with Crippen molar-refractivity contribution in [1.82, 2.24) is 14.8 Å². The van der Waals surface area contributed by atoms with E-state index in [1.807, 2.05) is 10.8 Å². The van der Waals surface area contributed by atoms with E-state index in [4.69, 9.17) is 5.26 Å². The molecule has 1 atom stereocenters. The number of rotatable bonds is 6. The Kier molecular flexibility index (Phi) is 4.94. The van der Waals surface area contributed by atoms with Crippen LogP contribution in [-0.2, 0) is 11.2 Å². The number of aromatic nitrogens is 3. The Hall–Kier alpha value is -2.88. The molecule has 1 saturated carbocycles. The van der Waals surface area contributed by atoms with Crippen LogP contribution >= 0.6 is 0 Å². The highest BCUT2D eigenvalue weighted by Gasteiger charge is 2.30. The first-order chi connectivity index (χ1) is 12.4. The summed E-state index contributed by atoms with van der Waals surface area (Å²) in [5.41, 5.74) is 1.92. The van der Waals surface area contributed by atoms with Crippen molar-refractivity contribution in [1.29, 1.82) is 5.26 Å². The molecule has 136 valence electrons. The van der Waals surface area contributed by atoms with Crippen molar-refractivity contribution < 1.29 is 4.79 Å². The van der Waals surface area contributed by atoms with Gasteiger partial charge < -0.3 is 10.3 Å². The van der Waals surface area contributed by atoms with E-state index in [0.717, 1.165) is 5.56 Å². The number of hydrogen-bond acceptors (Lipinski definition) is 4. The van der Waals surface area contributed by atoms with Gasteiger partial charge in [0.15, 0.2) is 0 Å². The van der Waals surface area contributed by atoms with Crippen LogP contribution in [0.4, 0.5) is 5.82 Å². The van der Waals surface area contributed by atoms with Crippen LogP contribution in [0.2, 0.25) is 0 Å². The van der Waals surface area contributed by atoms with Crippen LogP contribution in [0.25, 0.3) is 0 Å². The molecule has 3 rings (SSSR count). The molecule has 1 aliphatic rings. The summed E-state index contributed by atoms with van der Waals surface area (Å²) >= 11 is 0. The van der Waals surface area contributed by atoms with Gasteiger partial charge in [-0.3, -0.25) is 9.59 Å². The summed E-state index contributed by atoms with van der Waals surface area (Å²) < 4.78 is 1.87. The van der Waals surface area contributed by atoms with Gasteiger partial charge in [0.25, 0.3) is 5.56 Å². The molecular formula is C19H23N5O2. The molecular weight excluding hydrogens is 330 g/mol. The monoisotopic (exact) mass is 353 g/mol. The van der Waals surface area contributed by atoms with Crippen molar-refractivity contribution in [2.45, 2.75) is 52.5 Å². The number of anilines is 1. The van der Waals surface area contributed by atoms with Gasteiger partial charge >= 0.3 is 0 Å². The molecule has 0 radical (unpaired) electrons. The van der Waals surface area contributed by atoms with E-state index >= 15 is 0 Å². The van der Waals surface area contributed by atoms with E-state index in [2.05, 4.69) is 22.3 Å². The van der Waals surface area contributed by atoms with Crippen molar-refractivity contribution in [3.63, 3.8) is 0 Å². The minimum absolute atomic E-state index is 0.113. The van der Waals surface area contributed by atoms with Crippen molar-refractivity contribution in [3.05, 3.63) is 45.0 Å². The maximum Gasteiger partial charge on any atom is 0.266 e. The van der Waals surface area contributed by atoms with Gasteiger partial charge in [0.2, 0.25) is 5.91 Å². The van der Waals surface area contributed by atoms with Gasteiger partial charge in [-0.2, -0.15) is 10.4 Å². The number of pyridine rings is 1. The van der Waals surface area contributed by atoms with E-state index in [1.54, 1.807) is 26.1 Å². The first-order valence-electron chi connectivity index (χ1n) is 8.88. The van der Waals surface area contributed by atoms with Gasteiger partial charge in [-0.1, -0.05) is 0 Å². The molecule has 0 saturated heterocycles. The van der Waals surface area contributed by atoms with Gasteiger partial charge in [-0.05, 0) is 57.1 Å². The number of carbonyl (C=O) groups is 1. The quantitative estimate of drug-likeness (QED) is 0.833. The van der Waals surface area contributed by atoms with E-state index in [-0.39, 0.29) is 29.5 Å². The Morgan fingerprint density at radius 3 is 2.88 bits per heavy atom. The summed E-state index contributed by atoms with van der Waals surface area (Å²) in [7, 11) is 0. The van der Waals surface area contributed by atoms with Gasteiger partial charge in [0.1, 0.15) is 17.5 Å². The highest BCUT2D eigenvalue weighted by molar-refractivity contribution is 5.90. The zero-order chi connectivity index (χ0) is 18.8. The fraction of sp³-hybridized carbons (Fsp3) is 0.474. The lowest BCUT2D eigenvalue weighted by Crippen LogP contribution is -2.20. The summed E-state index contributed by atoms with van der Waals surface area (Å²) in [4.78, 5) is 26.9. The average Bonchev–Trinajstić information content (AvgIpc) is 3.34. The molecule has 26 heavy (non-hydrogen) atoms. The number of aromatic amines is 1. The molecule has 0 bridgehead atoms. The molecule has 1 amide bonds. The van der Waals surface area contributed by atoms with Gasteiger partial charge in [-0.25, -0.2) is 4.68 Å². The van der Waals surface area contributed by atoms with Crippen LogP contribution in [0.15, 0.2) is 17.1 Å².